The SMILES string of the molecule is CCNC(=NCC(c1cccnc1)C(C)C)NCCCN1C(=O)C2C3C=CC(C3)C2C1=O.I. The van der Waals surface area contributed by atoms with Crippen LogP contribution < -0.4 is 10.6 Å². The highest BCUT2D eigenvalue weighted by Gasteiger charge is 2.58. The van der Waals surface area contributed by atoms with Crippen LogP contribution in [0.1, 0.15) is 45.1 Å². The molecular weight excluding hydrogens is 529 g/mol. The van der Waals surface area contributed by atoms with E-state index in [1.54, 1.807) is 6.20 Å². The average Bonchev–Trinajstić information content (AvgIpc) is 3.46. The molecule has 1 aliphatic heterocycles. The third-order valence-corrected chi connectivity index (χ3v) is 7.12. The fraction of sp³-hybridized carbons (Fsp3) is 0.600. The van der Waals surface area contributed by atoms with E-state index in [1.165, 1.54) is 10.5 Å². The number of hydrogen-bond acceptors (Lipinski definition) is 4. The monoisotopic (exact) mass is 565 g/mol. The lowest BCUT2D eigenvalue weighted by molar-refractivity contribution is -0.140. The highest BCUT2D eigenvalue weighted by atomic mass is 127. The maximum atomic E-state index is 12.8. The molecule has 2 amide bonds. The lowest BCUT2D eigenvalue weighted by Crippen LogP contribution is -2.40. The topological polar surface area (TPSA) is 86.7 Å². The Morgan fingerprint density at radius 1 is 1.18 bits per heavy atom. The van der Waals surface area contributed by atoms with Gasteiger partial charge >= 0.3 is 0 Å². The molecular formula is C25H36IN5O2. The van der Waals surface area contributed by atoms with Crippen LogP contribution in [-0.4, -0.2) is 53.8 Å². The zero-order chi connectivity index (χ0) is 22.7. The van der Waals surface area contributed by atoms with Crippen LogP contribution in [0.4, 0.5) is 0 Å². The predicted molar refractivity (Wildman–Crippen MR) is 140 cm³/mol. The molecule has 1 saturated heterocycles. The summed E-state index contributed by atoms with van der Waals surface area (Å²) >= 11 is 0. The summed E-state index contributed by atoms with van der Waals surface area (Å²) in [7, 11) is 0. The molecule has 1 aromatic rings. The fourth-order valence-electron chi connectivity index (χ4n) is 5.46. The lowest BCUT2D eigenvalue weighted by atomic mass is 9.85. The summed E-state index contributed by atoms with van der Waals surface area (Å²) in [4.78, 5) is 36.2. The van der Waals surface area contributed by atoms with Crippen molar-refractivity contribution in [3.63, 3.8) is 0 Å². The molecule has 5 atom stereocenters. The van der Waals surface area contributed by atoms with Gasteiger partial charge in [-0.2, -0.15) is 0 Å². The number of nitrogens with zero attached hydrogens (tertiary/aromatic N) is 3. The molecule has 0 radical (unpaired) electrons. The highest BCUT2D eigenvalue weighted by Crippen LogP contribution is 2.52. The molecule has 180 valence electrons. The number of pyridine rings is 1. The van der Waals surface area contributed by atoms with Gasteiger partial charge < -0.3 is 10.6 Å². The molecule has 1 saturated carbocycles. The van der Waals surface area contributed by atoms with Crippen molar-refractivity contribution in [2.75, 3.05) is 26.2 Å². The van der Waals surface area contributed by atoms with Crippen molar-refractivity contribution in [2.45, 2.75) is 39.5 Å². The number of carbonyl (C=O) groups excluding carboxylic acids is 2. The van der Waals surface area contributed by atoms with Crippen LogP contribution in [0.2, 0.25) is 0 Å². The average molecular weight is 566 g/mol. The highest BCUT2D eigenvalue weighted by molar-refractivity contribution is 14.0. The van der Waals surface area contributed by atoms with Gasteiger partial charge in [-0.15, -0.1) is 24.0 Å². The zero-order valence-electron chi connectivity index (χ0n) is 19.7. The zero-order valence-corrected chi connectivity index (χ0v) is 22.1. The molecule has 1 aromatic heterocycles. The Morgan fingerprint density at radius 2 is 1.88 bits per heavy atom. The Hall–Kier alpha value is -1.97. The summed E-state index contributed by atoms with van der Waals surface area (Å²) in [6.07, 6.45) is 9.66. The first kappa shape index (κ1) is 25.6. The number of amides is 2. The molecule has 2 heterocycles. The van der Waals surface area contributed by atoms with Gasteiger partial charge in [-0.25, -0.2) is 0 Å². The van der Waals surface area contributed by atoms with Gasteiger partial charge in [-0.05, 0) is 49.1 Å². The van der Waals surface area contributed by atoms with Crippen molar-refractivity contribution in [3.05, 3.63) is 42.2 Å². The van der Waals surface area contributed by atoms with Crippen molar-refractivity contribution in [1.29, 1.82) is 0 Å². The molecule has 2 fully saturated rings. The first-order valence-electron chi connectivity index (χ1n) is 12.0. The molecule has 2 N–H and O–H groups in total. The van der Waals surface area contributed by atoms with E-state index < -0.39 is 0 Å². The van der Waals surface area contributed by atoms with E-state index in [2.05, 4.69) is 47.7 Å². The Bertz CT molecular complexity index is 858. The van der Waals surface area contributed by atoms with E-state index >= 15 is 0 Å². The maximum absolute atomic E-state index is 12.8. The number of allylic oxidation sites excluding steroid dienone is 2. The summed E-state index contributed by atoms with van der Waals surface area (Å²) in [6, 6.07) is 4.07. The van der Waals surface area contributed by atoms with Crippen LogP contribution in [0.3, 0.4) is 0 Å². The number of halogens is 1. The van der Waals surface area contributed by atoms with Crippen LogP contribution in [0, 0.1) is 29.6 Å². The van der Waals surface area contributed by atoms with E-state index in [-0.39, 0.29) is 59.5 Å². The number of rotatable bonds is 9. The number of likely N-dealkylation sites (tertiary alicyclic amines) is 1. The van der Waals surface area contributed by atoms with Gasteiger partial charge in [-0.3, -0.25) is 24.5 Å². The number of guanidine groups is 1. The number of fused-ring (bicyclic) bond motifs is 5. The molecule has 5 unspecified atom stereocenters. The first-order chi connectivity index (χ1) is 15.5. The van der Waals surface area contributed by atoms with E-state index in [4.69, 9.17) is 4.99 Å². The molecule has 2 bridgehead atoms. The molecule has 4 rings (SSSR count). The number of nitrogens with one attached hydrogen (secondary N) is 2. The molecule has 7 nitrogen and oxygen atoms in total. The second-order valence-corrected chi connectivity index (χ2v) is 9.46. The number of imide groups is 1. The van der Waals surface area contributed by atoms with E-state index in [0.29, 0.717) is 37.9 Å². The fourth-order valence-corrected chi connectivity index (χ4v) is 5.46. The Labute approximate surface area is 213 Å². The summed E-state index contributed by atoms with van der Waals surface area (Å²) in [5.74, 6) is 1.90. The van der Waals surface area contributed by atoms with E-state index in [1.807, 2.05) is 19.2 Å². The minimum absolute atomic E-state index is 0. The van der Waals surface area contributed by atoms with Crippen LogP contribution in [-0.2, 0) is 9.59 Å². The van der Waals surface area contributed by atoms with Crippen molar-refractivity contribution in [3.8, 4) is 0 Å². The minimum Gasteiger partial charge on any atom is -0.357 e. The van der Waals surface area contributed by atoms with Crippen molar-refractivity contribution < 1.29 is 9.59 Å². The molecule has 3 aliphatic rings. The van der Waals surface area contributed by atoms with Gasteiger partial charge in [0, 0.05) is 44.5 Å². The van der Waals surface area contributed by atoms with Gasteiger partial charge in [0.05, 0.1) is 11.8 Å². The van der Waals surface area contributed by atoms with Gasteiger partial charge in [0.1, 0.15) is 0 Å². The predicted octanol–water partition coefficient (Wildman–Crippen LogP) is 3.19. The van der Waals surface area contributed by atoms with Crippen LogP contribution >= 0.6 is 24.0 Å². The summed E-state index contributed by atoms with van der Waals surface area (Å²) in [6.45, 7) is 9.02. The minimum atomic E-state index is -0.107. The second kappa shape index (κ2) is 11.4. The van der Waals surface area contributed by atoms with Crippen LogP contribution in [0.5, 0.6) is 0 Å². The van der Waals surface area contributed by atoms with Gasteiger partial charge in [0.25, 0.3) is 0 Å². The quantitative estimate of drug-likeness (QED) is 0.120. The van der Waals surface area contributed by atoms with Gasteiger partial charge in [0.15, 0.2) is 5.96 Å². The normalized spacial score (nSPS) is 26.5. The van der Waals surface area contributed by atoms with Crippen LogP contribution in [0.25, 0.3) is 0 Å². The standard InChI is InChI=1S/C25H35N5O2.HI/c1-4-27-25(29-15-20(16(2)3)19-7-5-10-26-14-19)28-11-6-12-30-23(31)21-17-8-9-18(13-17)22(21)24(30)32;/h5,7-10,14,16-18,20-22H,4,6,11-13,15H2,1-3H3,(H2,27,28,29);1H. The van der Waals surface area contributed by atoms with Crippen molar-refractivity contribution >= 4 is 41.8 Å². The Balaban J connectivity index is 0.00000306. The molecule has 2 aliphatic carbocycles. The lowest BCUT2D eigenvalue weighted by Gasteiger charge is -2.20. The molecule has 33 heavy (non-hydrogen) atoms. The van der Waals surface area contributed by atoms with E-state index in [0.717, 1.165) is 18.9 Å². The number of carbonyl (C=O) groups is 2. The van der Waals surface area contributed by atoms with Crippen LogP contribution in [0.15, 0.2) is 41.7 Å². The number of hydrogen-bond donors (Lipinski definition) is 2. The molecule has 0 aromatic carbocycles. The van der Waals surface area contributed by atoms with Gasteiger partial charge in [0.2, 0.25) is 11.8 Å². The summed E-state index contributed by atoms with van der Waals surface area (Å²) in [5.41, 5.74) is 1.20. The largest absolute Gasteiger partial charge is 0.357 e. The third kappa shape index (κ3) is 5.41. The van der Waals surface area contributed by atoms with Crippen molar-refractivity contribution in [2.24, 2.45) is 34.6 Å². The summed E-state index contributed by atoms with van der Waals surface area (Å²) < 4.78 is 0. The maximum Gasteiger partial charge on any atom is 0.233 e. The number of aromatic nitrogens is 1. The Morgan fingerprint density at radius 3 is 2.45 bits per heavy atom. The van der Waals surface area contributed by atoms with Gasteiger partial charge in [-0.1, -0.05) is 32.1 Å². The smallest absolute Gasteiger partial charge is 0.233 e. The number of aliphatic imine (C=N–C) groups is 1. The van der Waals surface area contributed by atoms with E-state index in [9.17, 15) is 9.59 Å². The second-order valence-electron chi connectivity index (χ2n) is 9.46. The van der Waals surface area contributed by atoms with Crippen molar-refractivity contribution in [1.82, 2.24) is 20.5 Å². The third-order valence-electron chi connectivity index (χ3n) is 7.12. The molecule has 0 spiro atoms. The molecule has 8 heteroatoms. The summed E-state index contributed by atoms with van der Waals surface area (Å²) in [5, 5.41) is 6.66. The first-order valence-corrected chi connectivity index (χ1v) is 12.0. The Kier molecular flexibility index (Phi) is 8.89.